The van der Waals surface area contributed by atoms with E-state index >= 15 is 0 Å². The third kappa shape index (κ3) is 5.08. The quantitative estimate of drug-likeness (QED) is 0.726. The fraction of sp³-hybridized carbons (Fsp3) is 0.300. The summed E-state index contributed by atoms with van der Waals surface area (Å²) in [5, 5.41) is 0. The maximum atomic E-state index is 12.9. The SMILES string of the molecule is COC(=O)CCN(Cc1ccc(OC)cc1)C(=O)c1ccccc1C. The maximum absolute atomic E-state index is 12.9. The van der Waals surface area contributed by atoms with Gasteiger partial charge in [-0.15, -0.1) is 0 Å². The molecule has 5 nitrogen and oxygen atoms in total. The highest BCUT2D eigenvalue weighted by atomic mass is 16.5. The molecule has 0 aromatic heterocycles. The van der Waals surface area contributed by atoms with Gasteiger partial charge in [-0.1, -0.05) is 30.3 Å². The van der Waals surface area contributed by atoms with Crippen molar-refractivity contribution in [3.8, 4) is 5.75 Å². The normalized spacial score (nSPS) is 10.2. The first kappa shape index (κ1) is 18.5. The maximum Gasteiger partial charge on any atom is 0.307 e. The van der Waals surface area contributed by atoms with Crippen LogP contribution in [0.15, 0.2) is 48.5 Å². The number of hydrogen-bond acceptors (Lipinski definition) is 4. The molecule has 0 fully saturated rings. The molecule has 0 aliphatic rings. The Hall–Kier alpha value is -2.82. The zero-order valence-corrected chi connectivity index (χ0v) is 14.8. The second-order valence-electron chi connectivity index (χ2n) is 5.72. The van der Waals surface area contributed by atoms with E-state index in [9.17, 15) is 9.59 Å². The molecule has 0 N–H and O–H groups in total. The highest BCUT2D eigenvalue weighted by Gasteiger charge is 2.19. The number of rotatable bonds is 7. The summed E-state index contributed by atoms with van der Waals surface area (Å²) in [5.41, 5.74) is 2.51. The van der Waals surface area contributed by atoms with Crippen molar-refractivity contribution in [2.75, 3.05) is 20.8 Å². The number of methoxy groups -OCH3 is 2. The number of nitrogens with zero attached hydrogens (tertiary/aromatic N) is 1. The molecule has 2 aromatic rings. The zero-order chi connectivity index (χ0) is 18.2. The molecule has 25 heavy (non-hydrogen) atoms. The summed E-state index contributed by atoms with van der Waals surface area (Å²) in [6.07, 6.45) is 0.157. The minimum atomic E-state index is -0.336. The van der Waals surface area contributed by atoms with Crippen molar-refractivity contribution in [2.24, 2.45) is 0 Å². The number of hydrogen-bond donors (Lipinski definition) is 0. The summed E-state index contributed by atoms with van der Waals surface area (Å²) in [6, 6.07) is 15.0. The molecule has 0 unspecified atom stereocenters. The van der Waals surface area contributed by atoms with Crippen LogP contribution in [0.5, 0.6) is 5.75 Å². The Balaban J connectivity index is 2.20. The highest BCUT2D eigenvalue weighted by Crippen LogP contribution is 2.16. The Morgan fingerprint density at radius 2 is 1.68 bits per heavy atom. The van der Waals surface area contributed by atoms with Crippen molar-refractivity contribution in [1.29, 1.82) is 0 Å². The van der Waals surface area contributed by atoms with Crippen molar-refractivity contribution < 1.29 is 19.1 Å². The molecule has 0 radical (unpaired) electrons. The lowest BCUT2D eigenvalue weighted by atomic mass is 10.1. The van der Waals surface area contributed by atoms with Gasteiger partial charge in [0.05, 0.1) is 20.6 Å². The van der Waals surface area contributed by atoms with E-state index in [0.29, 0.717) is 18.7 Å². The van der Waals surface area contributed by atoms with E-state index in [0.717, 1.165) is 16.9 Å². The number of benzene rings is 2. The van der Waals surface area contributed by atoms with Gasteiger partial charge in [-0.3, -0.25) is 9.59 Å². The van der Waals surface area contributed by atoms with Crippen LogP contribution in [0.3, 0.4) is 0 Å². The van der Waals surface area contributed by atoms with E-state index in [1.807, 2.05) is 49.4 Å². The summed E-state index contributed by atoms with van der Waals surface area (Å²) >= 11 is 0. The van der Waals surface area contributed by atoms with Gasteiger partial charge in [-0.05, 0) is 36.2 Å². The first-order valence-electron chi connectivity index (χ1n) is 8.09. The number of ether oxygens (including phenoxy) is 2. The number of amides is 1. The van der Waals surface area contributed by atoms with Crippen molar-refractivity contribution in [3.05, 3.63) is 65.2 Å². The Bertz CT molecular complexity index is 725. The lowest BCUT2D eigenvalue weighted by Gasteiger charge is -2.23. The van der Waals surface area contributed by atoms with Crippen LogP contribution in [0.4, 0.5) is 0 Å². The van der Waals surface area contributed by atoms with Gasteiger partial charge in [-0.25, -0.2) is 0 Å². The van der Waals surface area contributed by atoms with Gasteiger partial charge in [0.15, 0.2) is 0 Å². The van der Waals surface area contributed by atoms with Gasteiger partial charge in [0.25, 0.3) is 5.91 Å². The minimum Gasteiger partial charge on any atom is -0.497 e. The van der Waals surface area contributed by atoms with E-state index in [1.54, 1.807) is 18.1 Å². The number of carbonyl (C=O) groups is 2. The molecular formula is C20H23NO4. The van der Waals surface area contributed by atoms with Crippen molar-refractivity contribution in [3.63, 3.8) is 0 Å². The van der Waals surface area contributed by atoms with Gasteiger partial charge in [0.2, 0.25) is 0 Å². The first-order chi connectivity index (χ1) is 12.0. The van der Waals surface area contributed by atoms with E-state index < -0.39 is 0 Å². The van der Waals surface area contributed by atoms with Crippen molar-refractivity contribution >= 4 is 11.9 Å². The topological polar surface area (TPSA) is 55.8 Å². The average Bonchev–Trinajstić information content (AvgIpc) is 2.65. The second kappa shape index (κ2) is 8.87. The highest BCUT2D eigenvalue weighted by molar-refractivity contribution is 5.95. The second-order valence-corrected chi connectivity index (χ2v) is 5.72. The first-order valence-corrected chi connectivity index (χ1v) is 8.09. The van der Waals surface area contributed by atoms with Crippen LogP contribution in [0, 0.1) is 6.92 Å². The van der Waals surface area contributed by atoms with Crippen LogP contribution >= 0.6 is 0 Å². The van der Waals surface area contributed by atoms with Crippen LogP contribution in [0.25, 0.3) is 0 Å². The van der Waals surface area contributed by atoms with Crippen LogP contribution < -0.4 is 4.74 Å². The summed E-state index contributed by atoms with van der Waals surface area (Å²) in [6.45, 7) is 2.61. The van der Waals surface area contributed by atoms with Crippen LogP contribution in [-0.4, -0.2) is 37.5 Å². The third-order valence-electron chi connectivity index (χ3n) is 4.01. The van der Waals surface area contributed by atoms with E-state index in [-0.39, 0.29) is 18.3 Å². The molecule has 0 aliphatic heterocycles. The van der Waals surface area contributed by atoms with Gasteiger partial charge in [0, 0.05) is 18.7 Å². The molecule has 0 heterocycles. The molecule has 0 spiro atoms. The molecule has 0 bridgehead atoms. The van der Waals surface area contributed by atoms with Crippen molar-refractivity contribution in [1.82, 2.24) is 4.90 Å². The molecule has 1 amide bonds. The molecular weight excluding hydrogens is 318 g/mol. The Morgan fingerprint density at radius 1 is 1.00 bits per heavy atom. The standard InChI is InChI=1S/C20H23NO4/c1-15-6-4-5-7-18(15)20(23)21(13-12-19(22)25-3)14-16-8-10-17(24-2)11-9-16/h4-11H,12-14H2,1-3H3. The molecule has 0 aliphatic carbocycles. The van der Waals surface area contributed by atoms with Gasteiger partial charge in [0.1, 0.15) is 5.75 Å². The molecule has 0 saturated heterocycles. The molecule has 0 atom stereocenters. The summed E-state index contributed by atoms with van der Waals surface area (Å²) in [5.74, 6) is 0.324. The predicted octanol–water partition coefficient (Wildman–Crippen LogP) is 3.21. The van der Waals surface area contributed by atoms with Crippen molar-refractivity contribution in [2.45, 2.75) is 19.9 Å². The molecule has 2 aromatic carbocycles. The molecule has 5 heteroatoms. The third-order valence-corrected chi connectivity index (χ3v) is 4.01. The summed E-state index contributed by atoms with van der Waals surface area (Å²) in [7, 11) is 2.96. The van der Waals surface area contributed by atoms with Gasteiger partial charge in [-0.2, -0.15) is 0 Å². The largest absolute Gasteiger partial charge is 0.497 e. The van der Waals surface area contributed by atoms with E-state index in [1.165, 1.54) is 7.11 Å². The van der Waals surface area contributed by atoms with Crippen LogP contribution in [-0.2, 0) is 16.1 Å². The Kier molecular flexibility index (Phi) is 6.57. The van der Waals surface area contributed by atoms with E-state index in [2.05, 4.69) is 0 Å². The van der Waals surface area contributed by atoms with Crippen LogP contribution in [0.1, 0.15) is 27.9 Å². The number of aryl methyl sites for hydroxylation is 1. The average molecular weight is 341 g/mol. The van der Waals surface area contributed by atoms with Gasteiger partial charge < -0.3 is 14.4 Å². The fourth-order valence-corrected chi connectivity index (χ4v) is 2.52. The molecule has 132 valence electrons. The summed E-state index contributed by atoms with van der Waals surface area (Å²) < 4.78 is 9.86. The fourth-order valence-electron chi connectivity index (χ4n) is 2.52. The smallest absolute Gasteiger partial charge is 0.307 e. The lowest BCUT2D eigenvalue weighted by molar-refractivity contribution is -0.140. The Morgan fingerprint density at radius 3 is 2.28 bits per heavy atom. The van der Waals surface area contributed by atoms with Gasteiger partial charge >= 0.3 is 5.97 Å². The monoisotopic (exact) mass is 341 g/mol. The zero-order valence-electron chi connectivity index (χ0n) is 14.8. The van der Waals surface area contributed by atoms with Crippen LogP contribution in [0.2, 0.25) is 0 Å². The molecule has 0 saturated carbocycles. The predicted molar refractivity (Wildman–Crippen MR) is 95.5 cm³/mol. The lowest BCUT2D eigenvalue weighted by Crippen LogP contribution is -2.33. The number of carbonyl (C=O) groups excluding carboxylic acids is 2. The Labute approximate surface area is 148 Å². The molecule has 2 rings (SSSR count). The van der Waals surface area contributed by atoms with E-state index in [4.69, 9.17) is 9.47 Å². The summed E-state index contributed by atoms with van der Waals surface area (Å²) in [4.78, 5) is 26.1. The minimum absolute atomic E-state index is 0.0992. The number of esters is 1.